The van der Waals surface area contributed by atoms with Gasteiger partial charge in [-0.05, 0) is 36.2 Å². The van der Waals surface area contributed by atoms with Gasteiger partial charge in [-0.3, -0.25) is 4.79 Å². The van der Waals surface area contributed by atoms with Gasteiger partial charge in [-0.25, -0.2) is 0 Å². The fourth-order valence-electron chi connectivity index (χ4n) is 2.99. The third-order valence-electron chi connectivity index (χ3n) is 4.66. The van der Waals surface area contributed by atoms with Crippen molar-refractivity contribution in [3.05, 3.63) is 60.2 Å². The molecule has 2 aromatic rings. The molecule has 1 atom stereocenters. The van der Waals surface area contributed by atoms with Gasteiger partial charge in [0.05, 0.1) is 5.92 Å². The quantitative estimate of drug-likeness (QED) is 0.596. The van der Waals surface area contributed by atoms with Crippen LogP contribution in [0, 0.1) is 0 Å². The van der Waals surface area contributed by atoms with E-state index in [1.165, 1.54) is 22.9 Å². The summed E-state index contributed by atoms with van der Waals surface area (Å²) in [5.74, 6) is 0.866. The Morgan fingerprint density at radius 2 is 1.52 bits per heavy atom. The second-order valence-corrected chi connectivity index (χ2v) is 7.24. The van der Waals surface area contributed by atoms with Crippen molar-refractivity contribution in [1.29, 1.82) is 0 Å². The maximum absolute atomic E-state index is 12.6. The van der Waals surface area contributed by atoms with Crippen molar-refractivity contribution in [2.24, 2.45) is 0 Å². The Bertz CT molecular complexity index is 635. The lowest BCUT2D eigenvalue weighted by Gasteiger charge is -2.18. The molecule has 134 valence electrons. The summed E-state index contributed by atoms with van der Waals surface area (Å²) >= 11 is 1.48. The van der Waals surface area contributed by atoms with E-state index < -0.39 is 0 Å². The summed E-state index contributed by atoms with van der Waals surface area (Å²) in [6, 6.07) is 18.8. The molecule has 3 heteroatoms. The number of thioether (sulfide) groups is 1. The van der Waals surface area contributed by atoms with Crippen molar-refractivity contribution in [2.45, 2.75) is 33.1 Å². The number of rotatable bonds is 9. The van der Waals surface area contributed by atoms with Gasteiger partial charge in [-0.1, -0.05) is 87.1 Å². The standard InChI is InChI=1S/C22H29NOS/c1-4-21(22(24)25-17-16-23(5-2)6-3)20-14-12-19(13-15-20)18-10-8-7-9-11-18/h7-15,21H,4-6,16-17H2,1-3H3. The van der Waals surface area contributed by atoms with Crippen molar-refractivity contribution in [3.8, 4) is 11.1 Å². The van der Waals surface area contributed by atoms with E-state index in [1.54, 1.807) is 0 Å². The molecule has 2 nitrogen and oxygen atoms in total. The lowest BCUT2D eigenvalue weighted by Crippen LogP contribution is -2.26. The van der Waals surface area contributed by atoms with Gasteiger partial charge in [0, 0.05) is 12.3 Å². The highest BCUT2D eigenvalue weighted by atomic mass is 32.2. The third kappa shape index (κ3) is 5.72. The Kier molecular flexibility index (Phi) is 8.23. The Morgan fingerprint density at radius 3 is 2.08 bits per heavy atom. The fraction of sp³-hybridized carbons (Fsp3) is 0.409. The molecule has 0 aromatic heterocycles. The van der Waals surface area contributed by atoms with E-state index in [9.17, 15) is 4.79 Å². The molecule has 0 spiro atoms. The zero-order chi connectivity index (χ0) is 18.1. The highest BCUT2D eigenvalue weighted by Crippen LogP contribution is 2.28. The van der Waals surface area contributed by atoms with E-state index in [1.807, 2.05) is 18.2 Å². The van der Waals surface area contributed by atoms with Gasteiger partial charge in [0.1, 0.15) is 0 Å². The van der Waals surface area contributed by atoms with Crippen LogP contribution in [-0.4, -0.2) is 35.4 Å². The largest absolute Gasteiger partial charge is 0.303 e. The van der Waals surface area contributed by atoms with E-state index in [0.29, 0.717) is 5.12 Å². The lowest BCUT2D eigenvalue weighted by atomic mass is 9.95. The molecule has 0 aliphatic rings. The minimum atomic E-state index is -0.00785. The predicted octanol–water partition coefficient (Wildman–Crippen LogP) is 5.45. The summed E-state index contributed by atoms with van der Waals surface area (Å²) in [5, 5.41) is 0.294. The molecule has 0 aliphatic heterocycles. The molecule has 2 aromatic carbocycles. The highest BCUT2D eigenvalue weighted by molar-refractivity contribution is 8.13. The molecule has 0 saturated carbocycles. The van der Waals surface area contributed by atoms with Gasteiger partial charge in [0.15, 0.2) is 5.12 Å². The van der Waals surface area contributed by atoms with Crippen LogP contribution in [0.3, 0.4) is 0 Å². The van der Waals surface area contributed by atoms with E-state index in [-0.39, 0.29) is 5.92 Å². The predicted molar refractivity (Wildman–Crippen MR) is 110 cm³/mol. The molecule has 0 bridgehead atoms. The summed E-state index contributed by atoms with van der Waals surface area (Å²) in [4.78, 5) is 15.0. The Morgan fingerprint density at radius 1 is 0.920 bits per heavy atom. The van der Waals surface area contributed by atoms with Gasteiger partial charge in [0.25, 0.3) is 0 Å². The number of carbonyl (C=O) groups excluding carboxylic acids is 1. The molecule has 1 unspecified atom stereocenters. The first-order valence-electron chi connectivity index (χ1n) is 9.23. The van der Waals surface area contributed by atoms with Crippen LogP contribution in [0.5, 0.6) is 0 Å². The van der Waals surface area contributed by atoms with Gasteiger partial charge in [-0.2, -0.15) is 0 Å². The molecule has 0 N–H and O–H groups in total. The van der Waals surface area contributed by atoms with Crippen LogP contribution in [0.2, 0.25) is 0 Å². The molecule has 0 fully saturated rings. The van der Waals surface area contributed by atoms with Crippen LogP contribution in [0.25, 0.3) is 11.1 Å². The molecule has 0 aliphatic carbocycles. The average molecular weight is 356 g/mol. The summed E-state index contributed by atoms with van der Waals surface area (Å²) < 4.78 is 0. The zero-order valence-electron chi connectivity index (χ0n) is 15.6. The number of benzene rings is 2. The first-order chi connectivity index (χ1) is 12.2. The van der Waals surface area contributed by atoms with Gasteiger partial charge >= 0.3 is 0 Å². The monoisotopic (exact) mass is 355 g/mol. The molecular weight excluding hydrogens is 326 g/mol. The summed E-state index contributed by atoms with van der Waals surface area (Å²) in [6.45, 7) is 9.50. The topological polar surface area (TPSA) is 20.3 Å². The van der Waals surface area contributed by atoms with Crippen molar-refractivity contribution in [1.82, 2.24) is 4.90 Å². The second kappa shape index (κ2) is 10.4. The maximum Gasteiger partial charge on any atom is 0.196 e. The second-order valence-electron chi connectivity index (χ2n) is 6.14. The van der Waals surface area contributed by atoms with Crippen LogP contribution >= 0.6 is 11.8 Å². The molecular formula is C22H29NOS. The van der Waals surface area contributed by atoms with E-state index in [4.69, 9.17) is 0 Å². The SMILES string of the molecule is CCC(C(=O)SCCN(CC)CC)c1ccc(-c2ccccc2)cc1. The molecule has 25 heavy (non-hydrogen) atoms. The molecule has 0 amide bonds. The lowest BCUT2D eigenvalue weighted by molar-refractivity contribution is -0.112. The average Bonchev–Trinajstić information content (AvgIpc) is 2.67. The van der Waals surface area contributed by atoms with E-state index >= 15 is 0 Å². The van der Waals surface area contributed by atoms with Crippen molar-refractivity contribution < 1.29 is 4.79 Å². The van der Waals surface area contributed by atoms with Gasteiger partial charge in [-0.15, -0.1) is 0 Å². The molecule has 2 rings (SSSR count). The van der Waals surface area contributed by atoms with Gasteiger partial charge < -0.3 is 4.90 Å². The van der Waals surface area contributed by atoms with Gasteiger partial charge in [0.2, 0.25) is 0 Å². The van der Waals surface area contributed by atoms with Crippen LogP contribution < -0.4 is 0 Å². The summed E-state index contributed by atoms with van der Waals surface area (Å²) in [5.41, 5.74) is 3.53. The first-order valence-corrected chi connectivity index (χ1v) is 10.2. The van der Waals surface area contributed by atoms with Crippen molar-refractivity contribution >= 4 is 16.9 Å². The van der Waals surface area contributed by atoms with Crippen molar-refractivity contribution in [2.75, 3.05) is 25.4 Å². The summed E-state index contributed by atoms with van der Waals surface area (Å²) in [7, 11) is 0. The smallest absolute Gasteiger partial charge is 0.196 e. The van der Waals surface area contributed by atoms with Crippen LogP contribution in [-0.2, 0) is 4.79 Å². The Balaban J connectivity index is 1.98. The fourth-order valence-corrected chi connectivity index (χ4v) is 4.05. The van der Waals surface area contributed by atoms with Crippen molar-refractivity contribution in [3.63, 3.8) is 0 Å². The summed E-state index contributed by atoms with van der Waals surface area (Å²) in [6.07, 6.45) is 0.849. The molecule has 0 saturated heterocycles. The number of hydrogen-bond acceptors (Lipinski definition) is 3. The Labute approximate surface area is 156 Å². The number of nitrogens with zero attached hydrogens (tertiary/aromatic N) is 1. The maximum atomic E-state index is 12.6. The normalized spacial score (nSPS) is 12.3. The minimum absolute atomic E-state index is 0.00785. The Hall–Kier alpha value is -1.58. The molecule has 0 radical (unpaired) electrons. The van der Waals surface area contributed by atoms with Crippen LogP contribution in [0.15, 0.2) is 54.6 Å². The first kappa shape index (κ1) is 19.7. The number of hydrogen-bond donors (Lipinski definition) is 0. The third-order valence-corrected chi connectivity index (χ3v) is 5.61. The zero-order valence-corrected chi connectivity index (χ0v) is 16.4. The van der Waals surface area contributed by atoms with Crippen LogP contribution in [0.4, 0.5) is 0 Å². The number of carbonyl (C=O) groups is 1. The van der Waals surface area contributed by atoms with Crippen LogP contribution in [0.1, 0.15) is 38.7 Å². The highest BCUT2D eigenvalue weighted by Gasteiger charge is 2.19. The minimum Gasteiger partial charge on any atom is -0.303 e. The van der Waals surface area contributed by atoms with E-state index in [2.05, 4.69) is 62.1 Å². The molecule has 0 heterocycles. The van der Waals surface area contributed by atoms with E-state index in [0.717, 1.165) is 37.4 Å².